The van der Waals surface area contributed by atoms with E-state index in [1.165, 1.54) is 57.8 Å². The van der Waals surface area contributed by atoms with E-state index in [4.69, 9.17) is 23.8 Å². The Morgan fingerprint density at radius 3 is 1.14 bits per heavy atom. The molecule has 0 fully saturated rings. The van der Waals surface area contributed by atoms with E-state index in [-0.39, 0.29) is 34.5 Å². The van der Waals surface area contributed by atoms with Crippen molar-refractivity contribution >= 4 is 17.3 Å². The van der Waals surface area contributed by atoms with Crippen LogP contribution < -0.4 is 26.9 Å². The fourth-order valence-electron chi connectivity index (χ4n) is 2.29. The van der Waals surface area contributed by atoms with Crippen molar-refractivity contribution in [3.63, 3.8) is 0 Å². The molecule has 10 heteroatoms. The third kappa shape index (κ3) is 4.23. The van der Waals surface area contributed by atoms with Gasteiger partial charge in [0.1, 0.15) is 0 Å². The van der Waals surface area contributed by atoms with Crippen LogP contribution >= 0.6 is 0 Å². The van der Waals surface area contributed by atoms with Crippen LogP contribution in [0, 0.1) is 20.8 Å². The third-order valence-electron chi connectivity index (χ3n) is 3.67. The summed E-state index contributed by atoms with van der Waals surface area (Å²) in [5.74, 6) is 0.229. The third-order valence-corrected chi connectivity index (χ3v) is 6.36. The van der Waals surface area contributed by atoms with E-state index < -0.39 is 33.6 Å². The zero-order valence-corrected chi connectivity index (χ0v) is 17.6. The van der Waals surface area contributed by atoms with Gasteiger partial charge in [-0.05, 0) is 0 Å². The topological polar surface area (TPSA) is 118 Å². The Morgan fingerprint density at radius 2 is 0.893 bits per heavy atom. The molecule has 0 saturated carbocycles. The number of aryl methyl sites for hydroxylation is 3. The van der Waals surface area contributed by atoms with Crippen molar-refractivity contribution in [3.8, 4) is 17.2 Å². The van der Waals surface area contributed by atoms with Crippen LogP contribution in [0.4, 0.5) is 0 Å². The summed E-state index contributed by atoms with van der Waals surface area (Å²) in [6.45, 7) is 4.58. The predicted molar refractivity (Wildman–Crippen MR) is 96.8 cm³/mol. The summed E-state index contributed by atoms with van der Waals surface area (Å²) < 4.78 is 32.5. The second kappa shape index (κ2) is 8.27. The Bertz CT molecular complexity index is 1010. The van der Waals surface area contributed by atoms with E-state index in [1.54, 1.807) is 0 Å². The summed E-state index contributed by atoms with van der Waals surface area (Å²) in [6.07, 6.45) is 3.67. The first-order valence-corrected chi connectivity index (χ1v) is 11.1. The van der Waals surface area contributed by atoms with E-state index in [0.29, 0.717) is 0 Å². The molecule has 0 radical (unpaired) electrons. The molecule has 0 aliphatic heterocycles. The molecule has 3 rings (SSSR count). The summed E-state index contributed by atoms with van der Waals surface area (Å²) in [4.78, 5) is 36.4. The second-order valence-corrected chi connectivity index (χ2v) is 8.35. The second-order valence-electron chi connectivity index (χ2n) is 5.65. The maximum atomic E-state index is 12.1. The average Bonchev–Trinajstić information content (AvgIpc) is 2.64. The molecule has 0 unspecified atom stereocenters. The molecule has 0 bridgehead atoms. The van der Waals surface area contributed by atoms with Crippen LogP contribution in [0.3, 0.4) is 0 Å². The first-order chi connectivity index (χ1) is 13.4. The number of hydrogen-bond donors (Lipinski definition) is 0. The first kappa shape index (κ1) is 19.6. The Morgan fingerprint density at radius 1 is 0.607 bits per heavy atom. The molecule has 0 saturated heterocycles. The molecule has 0 aliphatic carbocycles. The first-order valence-electron chi connectivity index (χ1n) is 8.12. The molecule has 0 aliphatic rings. The Labute approximate surface area is 164 Å². The molecule has 9 nitrogen and oxygen atoms in total. The van der Waals surface area contributed by atoms with Gasteiger partial charge in [-0.1, -0.05) is 0 Å². The van der Waals surface area contributed by atoms with Crippen LogP contribution in [0.15, 0.2) is 64.6 Å². The van der Waals surface area contributed by atoms with Crippen LogP contribution in [0.5, 0.6) is 17.2 Å². The van der Waals surface area contributed by atoms with Crippen LogP contribution in [-0.4, -0.2) is 17.3 Å². The van der Waals surface area contributed by atoms with Gasteiger partial charge in [0.05, 0.1) is 0 Å². The number of hydrogen-bond acceptors (Lipinski definition) is 9. The summed E-state index contributed by atoms with van der Waals surface area (Å²) in [6, 6.07) is 3.52. The van der Waals surface area contributed by atoms with Crippen molar-refractivity contribution < 1.29 is 23.8 Å². The molecule has 0 spiro atoms. The van der Waals surface area contributed by atoms with E-state index in [1.807, 2.05) is 0 Å². The van der Waals surface area contributed by atoms with Crippen LogP contribution in [-0.2, 0) is 0 Å². The van der Waals surface area contributed by atoms with Crippen molar-refractivity contribution in [2.75, 3.05) is 0 Å². The minimum absolute atomic E-state index is 0.122. The van der Waals surface area contributed by atoms with Gasteiger partial charge in [-0.3, -0.25) is 0 Å². The van der Waals surface area contributed by atoms with Crippen LogP contribution in [0.25, 0.3) is 0 Å². The molecule has 3 heterocycles. The summed E-state index contributed by atoms with van der Waals surface area (Å²) >= 11 is -3.95. The minimum atomic E-state index is -3.95. The van der Waals surface area contributed by atoms with Crippen molar-refractivity contribution in [3.05, 3.63) is 84.9 Å². The predicted octanol–water partition coefficient (Wildman–Crippen LogP) is 1.99. The molecule has 3 aromatic heterocycles. The van der Waals surface area contributed by atoms with Crippen molar-refractivity contribution in [1.29, 1.82) is 0 Å². The molecule has 0 aromatic carbocycles. The van der Waals surface area contributed by atoms with Gasteiger partial charge in [-0.15, -0.1) is 0 Å². The molecule has 144 valence electrons. The van der Waals surface area contributed by atoms with Gasteiger partial charge in [0.2, 0.25) is 0 Å². The molecule has 3 aromatic rings. The Kier molecular flexibility index (Phi) is 5.80. The van der Waals surface area contributed by atoms with E-state index in [9.17, 15) is 14.4 Å². The zero-order chi connectivity index (χ0) is 20.3. The van der Waals surface area contributed by atoms with Crippen molar-refractivity contribution in [1.82, 2.24) is 0 Å². The Hall–Kier alpha value is -3.11. The molecule has 0 amide bonds. The van der Waals surface area contributed by atoms with Gasteiger partial charge in [0.25, 0.3) is 0 Å². The Balaban J connectivity index is 2.02. The van der Waals surface area contributed by atoms with Crippen LogP contribution in [0.2, 0.25) is 0 Å². The molecular formula is C18H15GaO9. The van der Waals surface area contributed by atoms with Crippen LogP contribution in [0.1, 0.15) is 17.3 Å². The van der Waals surface area contributed by atoms with Gasteiger partial charge >= 0.3 is 164 Å². The van der Waals surface area contributed by atoms with Crippen molar-refractivity contribution in [2.45, 2.75) is 20.8 Å². The fraction of sp³-hybridized carbons (Fsp3) is 0.167. The van der Waals surface area contributed by atoms with Gasteiger partial charge in [-0.2, -0.15) is 0 Å². The molecular weight excluding hydrogens is 430 g/mol. The molecule has 0 atom stereocenters. The normalized spacial score (nSPS) is 10.4. The quantitative estimate of drug-likeness (QED) is 0.525. The van der Waals surface area contributed by atoms with E-state index >= 15 is 0 Å². The monoisotopic (exact) mass is 444 g/mol. The van der Waals surface area contributed by atoms with Gasteiger partial charge in [0, 0.05) is 0 Å². The summed E-state index contributed by atoms with van der Waals surface area (Å²) in [5, 5.41) is 0. The summed E-state index contributed by atoms with van der Waals surface area (Å²) in [7, 11) is 0. The SMILES string of the molecule is Cc1occc(=O)c1[O][Ga]([O]c1c(C)occc1=O)[O]c1c(C)occc1=O. The van der Waals surface area contributed by atoms with E-state index in [2.05, 4.69) is 0 Å². The van der Waals surface area contributed by atoms with Gasteiger partial charge in [-0.25, -0.2) is 0 Å². The van der Waals surface area contributed by atoms with Crippen molar-refractivity contribution in [2.24, 2.45) is 0 Å². The van der Waals surface area contributed by atoms with E-state index in [0.717, 1.165) is 0 Å². The molecule has 28 heavy (non-hydrogen) atoms. The zero-order valence-electron chi connectivity index (χ0n) is 15.2. The average molecular weight is 445 g/mol. The summed E-state index contributed by atoms with van der Waals surface area (Å²) in [5.41, 5.74) is -1.37. The van der Waals surface area contributed by atoms with Gasteiger partial charge in [0.15, 0.2) is 0 Å². The molecule has 0 N–H and O–H groups in total. The van der Waals surface area contributed by atoms with Gasteiger partial charge < -0.3 is 0 Å². The standard InChI is InChI=1S/3C6H6O3.Ga/c3*1-4-6(8)5(7)2-3-9-4;/h3*2-3,8H,1H3;/q;;;+3/p-3. The maximum absolute atomic E-state index is 12.1. The fourth-order valence-corrected chi connectivity index (χ4v) is 5.58. The number of rotatable bonds is 6.